The second kappa shape index (κ2) is 8.07. The molecular formula is C21H21ClN4O5. The van der Waals surface area contributed by atoms with Gasteiger partial charge in [0, 0.05) is 36.8 Å². The summed E-state index contributed by atoms with van der Waals surface area (Å²) in [4.78, 5) is 54.7. The fraction of sp³-hybridized carbons (Fsp3) is 0.333. The summed E-state index contributed by atoms with van der Waals surface area (Å²) in [5.74, 6) is -0.887. The molecule has 1 aromatic heterocycles. The average molecular weight is 445 g/mol. The summed E-state index contributed by atoms with van der Waals surface area (Å²) in [6, 6.07) is 9.35. The van der Waals surface area contributed by atoms with Gasteiger partial charge in [0.15, 0.2) is 5.76 Å². The van der Waals surface area contributed by atoms with Gasteiger partial charge in [0.05, 0.1) is 6.26 Å². The Morgan fingerprint density at radius 3 is 2.39 bits per heavy atom. The number of amides is 5. The minimum Gasteiger partial charge on any atom is -0.459 e. The maximum Gasteiger partial charge on any atom is 0.325 e. The van der Waals surface area contributed by atoms with Crippen molar-refractivity contribution >= 4 is 35.4 Å². The lowest BCUT2D eigenvalue weighted by Crippen LogP contribution is -2.53. The number of benzene rings is 1. The number of nitrogens with zero attached hydrogens (tertiary/aromatic N) is 3. The molecule has 0 saturated carbocycles. The first-order valence-corrected chi connectivity index (χ1v) is 10.2. The number of imide groups is 1. The maximum atomic E-state index is 13.0. The Balaban J connectivity index is 1.39. The topological polar surface area (TPSA) is 103 Å². The van der Waals surface area contributed by atoms with Crippen LogP contribution in [-0.4, -0.2) is 71.2 Å². The van der Waals surface area contributed by atoms with Crippen molar-refractivity contribution in [3.05, 3.63) is 59.0 Å². The zero-order valence-corrected chi connectivity index (χ0v) is 17.6. The first kappa shape index (κ1) is 20.9. The summed E-state index contributed by atoms with van der Waals surface area (Å²) in [5.41, 5.74) is -0.876. The average Bonchev–Trinajstić information content (AvgIpc) is 3.37. The second-order valence-corrected chi connectivity index (χ2v) is 7.98. The van der Waals surface area contributed by atoms with E-state index in [9.17, 15) is 19.2 Å². The van der Waals surface area contributed by atoms with E-state index in [1.54, 1.807) is 48.2 Å². The molecule has 2 aliphatic rings. The van der Waals surface area contributed by atoms with Crippen LogP contribution >= 0.6 is 11.6 Å². The number of rotatable bonds is 4. The number of nitrogens with one attached hydrogen (secondary N) is 1. The predicted octanol–water partition coefficient (Wildman–Crippen LogP) is 1.68. The Kier molecular flexibility index (Phi) is 5.45. The fourth-order valence-electron chi connectivity index (χ4n) is 3.84. The van der Waals surface area contributed by atoms with Crippen LogP contribution in [0.5, 0.6) is 0 Å². The van der Waals surface area contributed by atoms with Gasteiger partial charge in [0.25, 0.3) is 11.8 Å². The molecule has 0 spiro atoms. The quantitative estimate of drug-likeness (QED) is 0.723. The number of carbonyl (C=O) groups excluding carboxylic acids is 4. The number of halogens is 1. The van der Waals surface area contributed by atoms with Gasteiger partial charge in [-0.25, -0.2) is 4.79 Å². The Bertz CT molecular complexity index is 1030. The molecule has 162 valence electrons. The molecule has 2 aliphatic heterocycles. The molecule has 1 unspecified atom stereocenters. The molecule has 3 heterocycles. The van der Waals surface area contributed by atoms with Gasteiger partial charge in [0.2, 0.25) is 5.91 Å². The third-order valence-corrected chi connectivity index (χ3v) is 5.96. The van der Waals surface area contributed by atoms with E-state index in [2.05, 4.69) is 5.32 Å². The normalized spacial score (nSPS) is 21.4. The molecular weight excluding hydrogens is 424 g/mol. The number of urea groups is 1. The van der Waals surface area contributed by atoms with Gasteiger partial charge in [-0.05, 0) is 25.1 Å². The van der Waals surface area contributed by atoms with Crippen molar-refractivity contribution in [2.24, 2.45) is 0 Å². The maximum absolute atomic E-state index is 13.0. The van der Waals surface area contributed by atoms with Gasteiger partial charge in [-0.15, -0.1) is 0 Å². The molecule has 0 radical (unpaired) electrons. The van der Waals surface area contributed by atoms with Crippen molar-refractivity contribution in [2.45, 2.75) is 12.5 Å². The van der Waals surface area contributed by atoms with Gasteiger partial charge < -0.3 is 19.5 Å². The first-order valence-electron chi connectivity index (χ1n) is 9.81. The third-order valence-electron chi connectivity index (χ3n) is 5.63. The molecule has 1 atom stereocenters. The van der Waals surface area contributed by atoms with E-state index in [-0.39, 0.29) is 24.1 Å². The van der Waals surface area contributed by atoms with Crippen LogP contribution in [0.25, 0.3) is 0 Å². The Morgan fingerprint density at radius 1 is 1.06 bits per heavy atom. The summed E-state index contributed by atoms with van der Waals surface area (Å²) in [5, 5.41) is 3.00. The molecule has 0 aliphatic carbocycles. The monoisotopic (exact) mass is 444 g/mol. The first-order chi connectivity index (χ1) is 14.8. The van der Waals surface area contributed by atoms with E-state index in [4.69, 9.17) is 16.0 Å². The van der Waals surface area contributed by atoms with Crippen LogP contribution in [0.4, 0.5) is 4.79 Å². The molecule has 31 heavy (non-hydrogen) atoms. The molecule has 5 amide bonds. The molecule has 4 rings (SSSR count). The molecule has 10 heteroatoms. The highest BCUT2D eigenvalue weighted by atomic mass is 35.5. The zero-order valence-electron chi connectivity index (χ0n) is 16.8. The third kappa shape index (κ3) is 3.76. The van der Waals surface area contributed by atoms with Crippen molar-refractivity contribution in [1.82, 2.24) is 20.0 Å². The van der Waals surface area contributed by atoms with Crippen LogP contribution in [0.3, 0.4) is 0 Å². The summed E-state index contributed by atoms with van der Waals surface area (Å²) >= 11 is 6.22. The summed E-state index contributed by atoms with van der Waals surface area (Å²) < 4.78 is 5.13. The van der Waals surface area contributed by atoms with Crippen molar-refractivity contribution in [3.63, 3.8) is 0 Å². The highest BCUT2D eigenvalue weighted by molar-refractivity contribution is 6.32. The van der Waals surface area contributed by atoms with Gasteiger partial charge in [-0.2, -0.15) is 0 Å². The molecule has 9 nitrogen and oxygen atoms in total. The van der Waals surface area contributed by atoms with E-state index in [0.29, 0.717) is 36.8 Å². The van der Waals surface area contributed by atoms with Crippen molar-refractivity contribution in [2.75, 3.05) is 32.7 Å². The zero-order chi connectivity index (χ0) is 22.2. The minimum absolute atomic E-state index is 0.235. The van der Waals surface area contributed by atoms with E-state index < -0.39 is 17.5 Å². The van der Waals surface area contributed by atoms with Gasteiger partial charge in [-0.1, -0.05) is 29.8 Å². The number of furan rings is 1. The van der Waals surface area contributed by atoms with Crippen LogP contribution in [0.2, 0.25) is 5.02 Å². The van der Waals surface area contributed by atoms with Crippen molar-refractivity contribution in [3.8, 4) is 0 Å². The SMILES string of the molecule is CC1(c2ccccc2Cl)NC(=O)N(CC(=O)N2CCN(C(=O)c3ccco3)CC2)C1=O. The summed E-state index contributed by atoms with van der Waals surface area (Å²) in [6.45, 7) is 2.47. The lowest BCUT2D eigenvalue weighted by Gasteiger charge is -2.34. The number of hydrogen-bond acceptors (Lipinski definition) is 5. The van der Waals surface area contributed by atoms with Crippen molar-refractivity contribution in [1.29, 1.82) is 0 Å². The number of piperazine rings is 1. The minimum atomic E-state index is -1.34. The smallest absolute Gasteiger partial charge is 0.325 e. The second-order valence-electron chi connectivity index (χ2n) is 7.58. The molecule has 0 bridgehead atoms. The van der Waals surface area contributed by atoms with E-state index in [0.717, 1.165) is 4.90 Å². The van der Waals surface area contributed by atoms with Crippen LogP contribution in [0.15, 0.2) is 47.1 Å². The summed E-state index contributed by atoms with van der Waals surface area (Å²) in [7, 11) is 0. The summed E-state index contributed by atoms with van der Waals surface area (Å²) in [6.07, 6.45) is 1.43. The van der Waals surface area contributed by atoms with Gasteiger partial charge in [0.1, 0.15) is 12.1 Å². The Hall–Kier alpha value is -3.33. The Morgan fingerprint density at radius 2 is 1.74 bits per heavy atom. The van der Waals surface area contributed by atoms with E-state index in [1.165, 1.54) is 11.2 Å². The standard InChI is InChI=1S/C21H21ClN4O5/c1-21(14-5-2-3-6-15(14)22)19(29)26(20(30)23-21)13-17(27)24-8-10-25(11-9-24)18(28)16-7-4-12-31-16/h2-7,12H,8-11,13H2,1H3,(H,23,30). The molecule has 2 saturated heterocycles. The highest BCUT2D eigenvalue weighted by Crippen LogP contribution is 2.33. The van der Waals surface area contributed by atoms with Crippen LogP contribution in [-0.2, 0) is 15.1 Å². The Labute approximate surface area is 183 Å². The van der Waals surface area contributed by atoms with E-state index in [1.807, 2.05) is 0 Å². The van der Waals surface area contributed by atoms with Crippen LogP contribution < -0.4 is 5.32 Å². The molecule has 1 aromatic carbocycles. The lowest BCUT2D eigenvalue weighted by atomic mass is 9.92. The fourth-order valence-corrected chi connectivity index (χ4v) is 4.16. The van der Waals surface area contributed by atoms with Gasteiger partial charge >= 0.3 is 6.03 Å². The highest BCUT2D eigenvalue weighted by Gasteiger charge is 2.50. The molecule has 2 fully saturated rings. The molecule has 2 aromatic rings. The lowest BCUT2D eigenvalue weighted by molar-refractivity contribution is -0.139. The number of hydrogen-bond donors (Lipinski definition) is 1. The number of carbonyl (C=O) groups is 4. The van der Waals surface area contributed by atoms with Crippen LogP contribution in [0.1, 0.15) is 23.0 Å². The van der Waals surface area contributed by atoms with Crippen LogP contribution in [0, 0.1) is 0 Å². The molecule has 1 N–H and O–H groups in total. The van der Waals surface area contributed by atoms with Crippen molar-refractivity contribution < 1.29 is 23.6 Å². The largest absolute Gasteiger partial charge is 0.459 e. The van der Waals surface area contributed by atoms with Gasteiger partial charge in [-0.3, -0.25) is 19.3 Å². The van der Waals surface area contributed by atoms with E-state index >= 15 is 0 Å². The predicted molar refractivity (Wildman–Crippen MR) is 110 cm³/mol.